The summed E-state index contributed by atoms with van der Waals surface area (Å²) in [5.41, 5.74) is 3.26. The zero-order chi connectivity index (χ0) is 20.8. The summed E-state index contributed by atoms with van der Waals surface area (Å²) in [7, 11) is 1.67. The quantitative estimate of drug-likeness (QED) is 0.740. The molecule has 0 bridgehead atoms. The molecule has 2 aromatic carbocycles. The number of piperidine rings is 1. The molecule has 1 N–H and O–H groups in total. The molecule has 1 amide bonds. The van der Waals surface area contributed by atoms with Crippen LogP contribution in [0.4, 0.5) is 4.39 Å². The van der Waals surface area contributed by atoms with Gasteiger partial charge in [-0.1, -0.05) is 31.2 Å². The Kier molecular flexibility index (Phi) is 7.26. The van der Waals surface area contributed by atoms with E-state index in [2.05, 4.69) is 23.2 Å². The van der Waals surface area contributed by atoms with Crippen molar-refractivity contribution < 1.29 is 13.9 Å². The normalized spacial score (nSPS) is 18.3. The van der Waals surface area contributed by atoms with E-state index in [-0.39, 0.29) is 23.7 Å². The maximum atomic E-state index is 13.1. The van der Waals surface area contributed by atoms with Crippen LogP contribution in [0.3, 0.4) is 0 Å². The number of nitrogens with one attached hydrogen (secondary N) is 1. The van der Waals surface area contributed by atoms with Crippen LogP contribution in [0, 0.1) is 18.7 Å². The second-order valence-electron chi connectivity index (χ2n) is 7.90. The largest absolute Gasteiger partial charge is 0.496 e. The number of methoxy groups -OCH3 is 1. The number of rotatable bonds is 7. The molecule has 1 aliphatic heterocycles. The average molecular weight is 399 g/mol. The summed E-state index contributed by atoms with van der Waals surface area (Å²) in [5.74, 6) is 0.745. The third-order valence-electron chi connectivity index (χ3n) is 5.74. The maximum Gasteiger partial charge on any atom is 0.224 e. The number of benzene rings is 2. The first-order valence-electron chi connectivity index (χ1n) is 10.4. The van der Waals surface area contributed by atoms with Gasteiger partial charge in [0.05, 0.1) is 19.1 Å². The third-order valence-corrected chi connectivity index (χ3v) is 5.74. The minimum atomic E-state index is -0.218. The number of nitrogens with zero attached hydrogens (tertiary/aromatic N) is 1. The van der Waals surface area contributed by atoms with E-state index in [1.807, 2.05) is 31.2 Å². The summed E-state index contributed by atoms with van der Waals surface area (Å²) in [6, 6.07) is 12.7. The number of hydrogen-bond donors (Lipinski definition) is 1. The van der Waals surface area contributed by atoms with Crippen molar-refractivity contribution in [3.63, 3.8) is 0 Å². The molecule has 0 aliphatic carbocycles. The van der Waals surface area contributed by atoms with Crippen molar-refractivity contribution in [3.05, 3.63) is 65.0 Å². The number of halogens is 1. The lowest BCUT2D eigenvalue weighted by atomic mass is 9.95. The van der Waals surface area contributed by atoms with Crippen molar-refractivity contribution in [1.29, 1.82) is 0 Å². The van der Waals surface area contributed by atoms with Gasteiger partial charge in [-0.15, -0.1) is 0 Å². The summed E-state index contributed by atoms with van der Waals surface area (Å²) in [6.45, 7) is 6.56. The number of hydrogen-bond acceptors (Lipinski definition) is 3. The van der Waals surface area contributed by atoms with Crippen LogP contribution in [0.5, 0.6) is 5.75 Å². The Labute approximate surface area is 173 Å². The number of carbonyl (C=O) groups is 1. The van der Waals surface area contributed by atoms with Gasteiger partial charge in [-0.3, -0.25) is 9.69 Å². The van der Waals surface area contributed by atoms with E-state index in [1.165, 1.54) is 12.1 Å². The predicted molar refractivity (Wildman–Crippen MR) is 113 cm³/mol. The fourth-order valence-electron chi connectivity index (χ4n) is 4.09. The molecular weight excluding hydrogens is 367 g/mol. The standard InChI is InChI=1S/C24H31FN2O2/c1-4-22(19-9-12-23(29-3)17(2)14-19)26-24(28)20-6-5-13-27(16-20)15-18-7-10-21(25)11-8-18/h7-12,14,20,22H,4-6,13,15-16H2,1-3H3,(H,26,28)/t20-,22-/m1/s1. The Bertz CT molecular complexity index is 822. The molecule has 1 fully saturated rings. The Morgan fingerprint density at radius 3 is 2.69 bits per heavy atom. The molecule has 0 unspecified atom stereocenters. The first-order chi connectivity index (χ1) is 14.0. The summed E-state index contributed by atoms with van der Waals surface area (Å²) in [5, 5.41) is 3.25. The van der Waals surface area contributed by atoms with E-state index in [0.717, 1.165) is 61.3 Å². The minimum Gasteiger partial charge on any atom is -0.496 e. The van der Waals surface area contributed by atoms with Gasteiger partial charge in [-0.25, -0.2) is 4.39 Å². The van der Waals surface area contributed by atoms with Gasteiger partial charge in [0.2, 0.25) is 5.91 Å². The van der Waals surface area contributed by atoms with Gasteiger partial charge in [0.1, 0.15) is 11.6 Å². The lowest BCUT2D eigenvalue weighted by Gasteiger charge is -2.33. The zero-order valence-electron chi connectivity index (χ0n) is 17.6. The van der Waals surface area contributed by atoms with Gasteiger partial charge >= 0.3 is 0 Å². The maximum absolute atomic E-state index is 13.1. The van der Waals surface area contributed by atoms with Gasteiger partial charge in [0.15, 0.2) is 0 Å². The molecule has 1 heterocycles. The number of aryl methyl sites for hydroxylation is 1. The Hall–Kier alpha value is -2.40. The van der Waals surface area contributed by atoms with Crippen molar-refractivity contribution in [2.24, 2.45) is 5.92 Å². The predicted octanol–water partition coefficient (Wildman–Crippen LogP) is 4.62. The first-order valence-corrected chi connectivity index (χ1v) is 10.4. The molecule has 2 atom stereocenters. The van der Waals surface area contributed by atoms with E-state index in [0.29, 0.717) is 0 Å². The Balaban J connectivity index is 1.61. The highest BCUT2D eigenvalue weighted by Crippen LogP contribution is 2.26. The van der Waals surface area contributed by atoms with Gasteiger partial charge in [0, 0.05) is 13.1 Å². The number of likely N-dealkylation sites (tertiary alicyclic amines) is 1. The highest BCUT2D eigenvalue weighted by Gasteiger charge is 2.27. The summed E-state index contributed by atoms with van der Waals surface area (Å²) >= 11 is 0. The highest BCUT2D eigenvalue weighted by molar-refractivity contribution is 5.79. The van der Waals surface area contributed by atoms with Crippen molar-refractivity contribution in [2.45, 2.75) is 45.7 Å². The number of carbonyl (C=O) groups excluding carboxylic acids is 1. The molecule has 3 rings (SSSR count). The van der Waals surface area contributed by atoms with Crippen LogP contribution in [0.25, 0.3) is 0 Å². The highest BCUT2D eigenvalue weighted by atomic mass is 19.1. The second kappa shape index (κ2) is 9.88. The summed E-state index contributed by atoms with van der Waals surface area (Å²) in [6.07, 6.45) is 2.74. The lowest BCUT2D eigenvalue weighted by Crippen LogP contribution is -2.43. The fraction of sp³-hybridized carbons (Fsp3) is 0.458. The molecule has 0 spiro atoms. The van der Waals surface area contributed by atoms with E-state index < -0.39 is 0 Å². The van der Waals surface area contributed by atoms with Crippen molar-refractivity contribution in [1.82, 2.24) is 10.2 Å². The molecule has 0 radical (unpaired) electrons. The molecule has 1 saturated heterocycles. The van der Waals surface area contributed by atoms with Crippen molar-refractivity contribution in [2.75, 3.05) is 20.2 Å². The van der Waals surface area contributed by atoms with Crippen molar-refractivity contribution in [3.8, 4) is 5.75 Å². The summed E-state index contributed by atoms with van der Waals surface area (Å²) in [4.78, 5) is 15.3. The van der Waals surface area contributed by atoms with Crippen LogP contribution in [0.1, 0.15) is 48.9 Å². The molecule has 0 aromatic heterocycles. The molecule has 156 valence electrons. The van der Waals surface area contributed by atoms with Crippen molar-refractivity contribution >= 4 is 5.91 Å². The second-order valence-corrected chi connectivity index (χ2v) is 7.90. The van der Waals surface area contributed by atoms with Gasteiger partial charge in [-0.05, 0) is 67.6 Å². The van der Waals surface area contributed by atoms with Crippen LogP contribution in [0.2, 0.25) is 0 Å². The topological polar surface area (TPSA) is 41.6 Å². The molecular formula is C24H31FN2O2. The van der Waals surface area contributed by atoms with Crippen LogP contribution in [-0.4, -0.2) is 31.0 Å². The Morgan fingerprint density at radius 1 is 1.28 bits per heavy atom. The van der Waals surface area contributed by atoms with Crippen LogP contribution in [0.15, 0.2) is 42.5 Å². The third kappa shape index (κ3) is 5.57. The van der Waals surface area contributed by atoms with Gasteiger partial charge in [0.25, 0.3) is 0 Å². The fourth-order valence-corrected chi connectivity index (χ4v) is 4.09. The van der Waals surface area contributed by atoms with E-state index in [9.17, 15) is 9.18 Å². The SMILES string of the molecule is CC[C@@H](NC(=O)[C@@H]1CCCN(Cc2ccc(F)cc2)C1)c1ccc(OC)c(C)c1. The zero-order valence-corrected chi connectivity index (χ0v) is 17.6. The number of ether oxygens (including phenoxy) is 1. The smallest absolute Gasteiger partial charge is 0.224 e. The van der Waals surface area contributed by atoms with Crippen LogP contribution < -0.4 is 10.1 Å². The lowest BCUT2D eigenvalue weighted by molar-refractivity contribution is -0.127. The van der Waals surface area contributed by atoms with Crippen LogP contribution >= 0.6 is 0 Å². The van der Waals surface area contributed by atoms with Gasteiger partial charge < -0.3 is 10.1 Å². The van der Waals surface area contributed by atoms with Crippen LogP contribution in [-0.2, 0) is 11.3 Å². The molecule has 0 saturated carbocycles. The number of amides is 1. The van der Waals surface area contributed by atoms with E-state index >= 15 is 0 Å². The minimum absolute atomic E-state index is 0.000388. The average Bonchev–Trinajstić information content (AvgIpc) is 2.73. The monoisotopic (exact) mass is 398 g/mol. The molecule has 2 aromatic rings. The summed E-state index contributed by atoms with van der Waals surface area (Å²) < 4.78 is 18.5. The van der Waals surface area contributed by atoms with Gasteiger partial charge in [-0.2, -0.15) is 0 Å². The Morgan fingerprint density at radius 2 is 2.03 bits per heavy atom. The first kappa shape index (κ1) is 21.3. The molecule has 5 heteroatoms. The molecule has 29 heavy (non-hydrogen) atoms. The molecule has 4 nitrogen and oxygen atoms in total. The van der Waals surface area contributed by atoms with E-state index in [1.54, 1.807) is 7.11 Å². The van der Waals surface area contributed by atoms with E-state index in [4.69, 9.17) is 4.74 Å². The molecule has 1 aliphatic rings.